The molecular formula is C19H22ClFN2O4S. The van der Waals surface area contributed by atoms with Crippen molar-refractivity contribution >= 4 is 28.4 Å². The van der Waals surface area contributed by atoms with Crippen molar-refractivity contribution in [3.05, 3.63) is 65.0 Å². The lowest BCUT2D eigenvalue weighted by Crippen LogP contribution is -2.32. The fourth-order valence-electron chi connectivity index (χ4n) is 3.34. The Labute approximate surface area is 169 Å². The standard InChI is InChI=1S/C19H21FN2O4S.ClH/c1-12-16(20)8-14(19(23)26-2)9-18(12)27(24,25)22-10-15(17(21)11-22)13-6-4-3-5-7-13;/h3-9,15,17H,10-11,21H2,1-2H3;1H/t15-,17+;/m0./s1. The quantitative estimate of drug-likeness (QED) is 0.755. The van der Waals surface area contributed by atoms with Gasteiger partial charge < -0.3 is 10.5 Å². The van der Waals surface area contributed by atoms with Gasteiger partial charge in [0.15, 0.2) is 0 Å². The minimum atomic E-state index is -4.02. The zero-order valence-corrected chi connectivity index (χ0v) is 17.1. The molecule has 1 aliphatic heterocycles. The summed E-state index contributed by atoms with van der Waals surface area (Å²) in [6.07, 6.45) is 0. The SMILES string of the molecule is COC(=O)c1cc(F)c(C)c(S(=O)(=O)N2C[C@@H](N)[C@H](c3ccccc3)C2)c1.Cl. The lowest BCUT2D eigenvalue weighted by molar-refractivity contribution is 0.0600. The van der Waals surface area contributed by atoms with Gasteiger partial charge in [-0.25, -0.2) is 17.6 Å². The Balaban J connectivity index is 0.00000280. The summed E-state index contributed by atoms with van der Waals surface area (Å²) in [5.74, 6) is -1.74. The molecule has 0 radical (unpaired) electrons. The van der Waals surface area contributed by atoms with Crippen LogP contribution in [0, 0.1) is 12.7 Å². The molecule has 0 saturated carbocycles. The number of hydrogen-bond donors (Lipinski definition) is 1. The molecular weight excluding hydrogens is 407 g/mol. The van der Waals surface area contributed by atoms with E-state index in [9.17, 15) is 17.6 Å². The van der Waals surface area contributed by atoms with Crippen molar-refractivity contribution < 1.29 is 22.3 Å². The predicted molar refractivity (Wildman–Crippen MR) is 106 cm³/mol. The summed E-state index contributed by atoms with van der Waals surface area (Å²) in [5, 5.41) is 0. The molecule has 1 heterocycles. The number of carbonyl (C=O) groups excluding carboxylic acids is 1. The molecule has 2 aromatic rings. The summed E-state index contributed by atoms with van der Waals surface area (Å²) in [6, 6.07) is 11.2. The third kappa shape index (κ3) is 4.05. The van der Waals surface area contributed by atoms with Crippen molar-refractivity contribution in [1.82, 2.24) is 4.31 Å². The lowest BCUT2D eigenvalue weighted by atomic mass is 9.95. The number of sulfonamides is 1. The molecule has 1 aliphatic rings. The summed E-state index contributed by atoms with van der Waals surface area (Å²) in [7, 11) is -2.87. The van der Waals surface area contributed by atoms with Gasteiger partial charge in [0.05, 0.1) is 17.6 Å². The van der Waals surface area contributed by atoms with Crippen molar-refractivity contribution in [2.75, 3.05) is 20.2 Å². The molecule has 0 spiro atoms. The van der Waals surface area contributed by atoms with E-state index in [1.165, 1.54) is 11.2 Å². The van der Waals surface area contributed by atoms with Crippen molar-refractivity contribution in [2.24, 2.45) is 5.73 Å². The van der Waals surface area contributed by atoms with Crippen molar-refractivity contribution in [1.29, 1.82) is 0 Å². The average Bonchev–Trinajstić information content (AvgIpc) is 3.06. The van der Waals surface area contributed by atoms with Crippen LogP contribution in [0.2, 0.25) is 0 Å². The van der Waals surface area contributed by atoms with Crippen LogP contribution >= 0.6 is 12.4 Å². The van der Waals surface area contributed by atoms with Crippen LogP contribution in [0.25, 0.3) is 0 Å². The van der Waals surface area contributed by atoms with E-state index in [1.807, 2.05) is 30.3 Å². The highest BCUT2D eigenvalue weighted by molar-refractivity contribution is 7.89. The van der Waals surface area contributed by atoms with E-state index in [0.29, 0.717) is 0 Å². The van der Waals surface area contributed by atoms with Gasteiger partial charge in [-0.1, -0.05) is 30.3 Å². The van der Waals surface area contributed by atoms with E-state index >= 15 is 0 Å². The third-order valence-electron chi connectivity index (χ3n) is 4.89. The second kappa shape index (κ2) is 8.57. The molecule has 3 rings (SSSR count). The second-order valence-corrected chi connectivity index (χ2v) is 8.48. The first-order valence-electron chi connectivity index (χ1n) is 8.45. The Hall–Kier alpha value is -2.00. The van der Waals surface area contributed by atoms with Gasteiger partial charge in [0, 0.05) is 30.6 Å². The Bertz CT molecular complexity index is 969. The second-order valence-electron chi connectivity index (χ2n) is 6.58. The third-order valence-corrected chi connectivity index (χ3v) is 6.85. The molecule has 6 nitrogen and oxygen atoms in total. The van der Waals surface area contributed by atoms with Crippen molar-refractivity contribution in [2.45, 2.75) is 23.8 Å². The number of nitrogens with two attached hydrogens (primary N) is 1. The van der Waals surface area contributed by atoms with Gasteiger partial charge in [-0.2, -0.15) is 4.31 Å². The van der Waals surface area contributed by atoms with Gasteiger partial charge in [-0.15, -0.1) is 12.4 Å². The van der Waals surface area contributed by atoms with E-state index in [-0.39, 0.29) is 53.5 Å². The smallest absolute Gasteiger partial charge is 0.337 e. The summed E-state index contributed by atoms with van der Waals surface area (Å²) in [4.78, 5) is 11.5. The van der Waals surface area contributed by atoms with Crippen LogP contribution in [-0.4, -0.2) is 44.9 Å². The number of halogens is 2. The Morgan fingerprint density at radius 1 is 1.21 bits per heavy atom. The number of methoxy groups -OCH3 is 1. The Kier molecular flexibility index (Phi) is 6.82. The molecule has 0 unspecified atom stereocenters. The fraction of sp³-hybridized carbons (Fsp3) is 0.316. The normalized spacial score (nSPS) is 19.9. The number of ether oxygens (including phenoxy) is 1. The summed E-state index contributed by atoms with van der Waals surface area (Å²) >= 11 is 0. The number of carbonyl (C=O) groups is 1. The predicted octanol–water partition coefficient (Wildman–Crippen LogP) is 2.46. The van der Waals surface area contributed by atoms with Crippen LogP contribution in [0.4, 0.5) is 4.39 Å². The molecule has 9 heteroatoms. The van der Waals surface area contributed by atoms with Crippen LogP contribution in [0.5, 0.6) is 0 Å². The van der Waals surface area contributed by atoms with Crippen LogP contribution in [0.3, 0.4) is 0 Å². The highest BCUT2D eigenvalue weighted by Crippen LogP contribution is 2.32. The Morgan fingerprint density at radius 3 is 2.46 bits per heavy atom. The fourth-order valence-corrected chi connectivity index (χ4v) is 5.10. The maximum Gasteiger partial charge on any atom is 0.337 e. The first-order valence-corrected chi connectivity index (χ1v) is 9.89. The zero-order chi connectivity index (χ0) is 19.8. The van der Waals surface area contributed by atoms with Gasteiger partial charge in [0.1, 0.15) is 5.82 Å². The largest absolute Gasteiger partial charge is 0.465 e. The maximum absolute atomic E-state index is 14.3. The van der Waals surface area contributed by atoms with E-state index in [1.54, 1.807) is 0 Å². The molecule has 1 fully saturated rings. The van der Waals surface area contributed by atoms with Gasteiger partial charge in [0.2, 0.25) is 10.0 Å². The molecule has 2 N–H and O–H groups in total. The van der Waals surface area contributed by atoms with E-state index < -0.39 is 21.8 Å². The number of nitrogens with zero attached hydrogens (tertiary/aromatic N) is 1. The minimum absolute atomic E-state index is 0. The monoisotopic (exact) mass is 428 g/mol. The number of esters is 1. The van der Waals surface area contributed by atoms with E-state index in [2.05, 4.69) is 4.74 Å². The molecule has 0 bridgehead atoms. The minimum Gasteiger partial charge on any atom is -0.465 e. The lowest BCUT2D eigenvalue weighted by Gasteiger charge is -2.19. The molecule has 152 valence electrons. The summed E-state index contributed by atoms with van der Waals surface area (Å²) in [6.45, 7) is 1.68. The number of rotatable bonds is 4. The maximum atomic E-state index is 14.3. The van der Waals surface area contributed by atoms with Crippen LogP contribution < -0.4 is 5.73 Å². The average molecular weight is 429 g/mol. The summed E-state index contributed by atoms with van der Waals surface area (Å²) in [5.41, 5.74) is 6.95. The van der Waals surface area contributed by atoms with E-state index in [4.69, 9.17) is 5.73 Å². The van der Waals surface area contributed by atoms with Crippen LogP contribution in [-0.2, 0) is 14.8 Å². The first kappa shape index (κ1) is 22.3. The number of benzene rings is 2. The molecule has 28 heavy (non-hydrogen) atoms. The topological polar surface area (TPSA) is 89.7 Å². The van der Waals surface area contributed by atoms with Crippen molar-refractivity contribution in [3.8, 4) is 0 Å². The van der Waals surface area contributed by atoms with Crippen molar-refractivity contribution in [3.63, 3.8) is 0 Å². The highest BCUT2D eigenvalue weighted by atomic mass is 35.5. The van der Waals surface area contributed by atoms with Gasteiger partial charge in [-0.3, -0.25) is 0 Å². The molecule has 0 amide bonds. The summed E-state index contributed by atoms with van der Waals surface area (Å²) < 4.78 is 46.4. The van der Waals surface area contributed by atoms with E-state index in [0.717, 1.165) is 24.8 Å². The number of hydrogen-bond acceptors (Lipinski definition) is 5. The molecule has 2 aromatic carbocycles. The first-order chi connectivity index (χ1) is 12.8. The van der Waals surface area contributed by atoms with Gasteiger partial charge in [-0.05, 0) is 24.6 Å². The molecule has 1 saturated heterocycles. The molecule has 2 atom stereocenters. The highest BCUT2D eigenvalue weighted by Gasteiger charge is 2.39. The van der Waals surface area contributed by atoms with Crippen LogP contribution in [0.15, 0.2) is 47.4 Å². The molecule has 0 aliphatic carbocycles. The van der Waals surface area contributed by atoms with Crippen LogP contribution in [0.1, 0.15) is 27.4 Å². The van der Waals surface area contributed by atoms with Gasteiger partial charge in [0.25, 0.3) is 0 Å². The zero-order valence-electron chi connectivity index (χ0n) is 15.5. The van der Waals surface area contributed by atoms with Gasteiger partial charge >= 0.3 is 5.97 Å². The Morgan fingerprint density at radius 2 is 1.86 bits per heavy atom. The molecule has 0 aromatic heterocycles.